The zero-order valence-electron chi connectivity index (χ0n) is 8.04. The molecule has 1 heteroatoms. The molecule has 0 aromatic carbocycles. The Kier molecular flexibility index (Phi) is 1.14. The quantitative estimate of drug-likeness (QED) is 0.531. The van der Waals surface area contributed by atoms with Gasteiger partial charge in [-0.1, -0.05) is 18.2 Å². The smallest absolute Gasteiger partial charge is 0.0515 e. The van der Waals surface area contributed by atoms with E-state index in [-0.39, 0.29) is 0 Å². The molecule has 0 radical (unpaired) electrons. The Morgan fingerprint density at radius 1 is 1.46 bits per heavy atom. The minimum Gasteiger partial charge on any atom is -0.258 e. The number of rotatable bonds is 0. The third kappa shape index (κ3) is 0.846. The van der Waals surface area contributed by atoms with Crippen LogP contribution in [-0.2, 0) is 0 Å². The van der Waals surface area contributed by atoms with Crippen molar-refractivity contribution in [1.82, 2.24) is 0 Å². The van der Waals surface area contributed by atoms with E-state index in [1.165, 1.54) is 23.4 Å². The minimum absolute atomic E-state index is 0.318. The van der Waals surface area contributed by atoms with Gasteiger partial charge in [-0.25, -0.2) is 0 Å². The van der Waals surface area contributed by atoms with E-state index in [0.717, 1.165) is 5.92 Å². The molecule has 1 saturated carbocycles. The third-order valence-electron chi connectivity index (χ3n) is 3.28. The maximum atomic E-state index is 4.62. The molecule has 3 rings (SSSR count). The number of nitrogens with zero attached hydrogens (tertiary/aromatic N) is 1. The lowest BCUT2D eigenvalue weighted by Gasteiger charge is -2.20. The van der Waals surface area contributed by atoms with Gasteiger partial charge in [0.15, 0.2) is 0 Å². The molecule has 1 fully saturated rings. The number of hydrogen-bond acceptors (Lipinski definition) is 1. The van der Waals surface area contributed by atoms with E-state index in [0.29, 0.717) is 5.41 Å². The second-order valence-corrected chi connectivity index (χ2v) is 4.38. The van der Waals surface area contributed by atoms with Gasteiger partial charge in [0, 0.05) is 11.1 Å². The normalized spacial score (nSPS) is 39.8. The molecule has 0 aromatic heterocycles. The number of hydrogen-bond donors (Lipinski definition) is 0. The Hall–Kier alpha value is -1.11. The van der Waals surface area contributed by atoms with Crippen molar-refractivity contribution in [2.75, 3.05) is 0 Å². The molecule has 1 aliphatic heterocycles. The van der Waals surface area contributed by atoms with E-state index in [4.69, 9.17) is 0 Å². The second kappa shape index (κ2) is 2.03. The average molecular weight is 171 g/mol. The standard InChI is InChI=1S/C12H13N/c1-8-3-4-12-7-10(12)6-9(2)13-11(12)5-8/h3-6,10H,7H2,1-2H3. The predicted molar refractivity (Wildman–Crippen MR) is 54.6 cm³/mol. The maximum Gasteiger partial charge on any atom is 0.0515 e. The summed E-state index contributed by atoms with van der Waals surface area (Å²) in [5.41, 5.74) is 4.12. The molecule has 0 bridgehead atoms. The van der Waals surface area contributed by atoms with E-state index in [1.807, 2.05) is 0 Å². The first kappa shape index (κ1) is 7.31. The maximum absolute atomic E-state index is 4.62. The number of allylic oxidation sites excluding steroid dienone is 6. The van der Waals surface area contributed by atoms with Gasteiger partial charge in [0.2, 0.25) is 0 Å². The third-order valence-corrected chi connectivity index (χ3v) is 3.28. The highest BCUT2D eigenvalue weighted by molar-refractivity contribution is 6.06. The first-order valence-electron chi connectivity index (χ1n) is 4.86. The molecule has 2 aliphatic carbocycles. The molecule has 0 saturated heterocycles. The first-order valence-corrected chi connectivity index (χ1v) is 4.86. The highest BCUT2D eigenvalue weighted by atomic mass is 14.8. The van der Waals surface area contributed by atoms with E-state index in [2.05, 4.69) is 43.1 Å². The van der Waals surface area contributed by atoms with Gasteiger partial charge in [-0.15, -0.1) is 0 Å². The highest BCUT2D eigenvalue weighted by Gasteiger charge is 2.56. The lowest BCUT2D eigenvalue weighted by atomic mass is 9.88. The van der Waals surface area contributed by atoms with Crippen LogP contribution in [0, 0.1) is 11.3 Å². The molecule has 0 N–H and O–H groups in total. The molecule has 1 heterocycles. The molecular weight excluding hydrogens is 158 g/mol. The lowest BCUT2D eigenvalue weighted by molar-refractivity contribution is 0.813. The van der Waals surface area contributed by atoms with Crippen LogP contribution >= 0.6 is 0 Å². The molecule has 3 aliphatic rings. The Morgan fingerprint density at radius 3 is 3.15 bits per heavy atom. The molecular formula is C12H13N. The zero-order chi connectivity index (χ0) is 9.05. The molecule has 13 heavy (non-hydrogen) atoms. The van der Waals surface area contributed by atoms with Gasteiger partial charge in [-0.3, -0.25) is 4.99 Å². The summed E-state index contributed by atoms with van der Waals surface area (Å²) >= 11 is 0. The number of aliphatic imine (C=N–C) groups is 1. The van der Waals surface area contributed by atoms with Gasteiger partial charge >= 0.3 is 0 Å². The van der Waals surface area contributed by atoms with Gasteiger partial charge in [0.25, 0.3) is 0 Å². The SMILES string of the molecule is CC1=CC2=NC(C)=CC3CC23C=C1. The van der Waals surface area contributed by atoms with Crippen LogP contribution < -0.4 is 0 Å². The Labute approximate surface area is 78.6 Å². The molecule has 0 amide bonds. The van der Waals surface area contributed by atoms with Crippen LogP contribution in [-0.4, -0.2) is 5.71 Å². The summed E-state index contributed by atoms with van der Waals surface area (Å²) in [6.45, 7) is 4.23. The summed E-state index contributed by atoms with van der Waals surface area (Å²) in [5, 5.41) is 0. The summed E-state index contributed by atoms with van der Waals surface area (Å²) in [6.07, 6.45) is 10.4. The van der Waals surface area contributed by atoms with Gasteiger partial charge < -0.3 is 0 Å². The average Bonchev–Trinajstić information content (AvgIpc) is 2.75. The topological polar surface area (TPSA) is 12.4 Å². The fourth-order valence-electron chi connectivity index (χ4n) is 2.42. The summed E-state index contributed by atoms with van der Waals surface area (Å²) in [4.78, 5) is 4.62. The van der Waals surface area contributed by atoms with Crippen molar-refractivity contribution >= 4 is 5.71 Å². The van der Waals surface area contributed by atoms with Crippen LogP contribution in [0.3, 0.4) is 0 Å². The van der Waals surface area contributed by atoms with Gasteiger partial charge in [0.1, 0.15) is 0 Å². The van der Waals surface area contributed by atoms with Crippen molar-refractivity contribution in [3.05, 3.63) is 35.6 Å². The summed E-state index contributed by atoms with van der Waals surface area (Å²) in [7, 11) is 0. The van der Waals surface area contributed by atoms with Crippen molar-refractivity contribution in [2.45, 2.75) is 20.3 Å². The Bertz CT molecular complexity index is 395. The molecule has 66 valence electrons. The van der Waals surface area contributed by atoms with E-state index < -0.39 is 0 Å². The summed E-state index contributed by atoms with van der Waals surface area (Å²) in [6, 6.07) is 0. The van der Waals surface area contributed by atoms with Gasteiger partial charge in [-0.05, 0) is 37.8 Å². The van der Waals surface area contributed by atoms with Crippen LogP contribution in [0.5, 0.6) is 0 Å². The van der Waals surface area contributed by atoms with Crippen molar-refractivity contribution in [3.63, 3.8) is 0 Å². The van der Waals surface area contributed by atoms with Gasteiger partial charge in [-0.2, -0.15) is 0 Å². The minimum atomic E-state index is 0.318. The van der Waals surface area contributed by atoms with Crippen LogP contribution in [0.2, 0.25) is 0 Å². The van der Waals surface area contributed by atoms with Crippen molar-refractivity contribution < 1.29 is 0 Å². The monoisotopic (exact) mass is 171 g/mol. The zero-order valence-corrected chi connectivity index (χ0v) is 8.04. The predicted octanol–water partition coefficient (Wildman–Crippen LogP) is 2.87. The first-order chi connectivity index (χ1) is 6.21. The molecule has 2 atom stereocenters. The fourth-order valence-corrected chi connectivity index (χ4v) is 2.42. The van der Waals surface area contributed by atoms with Crippen molar-refractivity contribution in [1.29, 1.82) is 0 Å². The molecule has 1 spiro atoms. The Morgan fingerprint density at radius 2 is 2.31 bits per heavy atom. The molecule has 0 aromatic rings. The van der Waals surface area contributed by atoms with E-state index >= 15 is 0 Å². The summed E-state index contributed by atoms with van der Waals surface area (Å²) < 4.78 is 0. The van der Waals surface area contributed by atoms with E-state index in [9.17, 15) is 0 Å². The van der Waals surface area contributed by atoms with Crippen LogP contribution in [0.1, 0.15) is 20.3 Å². The fraction of sp³-hybridized carbons (Fsp3) is 0.417. The van der Waals surface area contributed by atoms with E-state index in [1.54, 1.807) is 0 Å². The van der Waals surface area contributed by atoms with Crippen LogP contribution in [0.4, 0.5) is 0 Å². The largest absolute Gasteiger partial charge is 0.258 e. The molecule has 2 unspecified atom stereocenters. The molecule has 1 nitrogen and oxygen atoms in total. The summed E-state index contributed by atoms with van der Waals surface area (Å²) in [5.74, 6) is 0.737. The van der Waals surface area contributed by atoms with Gasteiger partial charge in [0.05, 0.1) is 5.71 Å². The van der Waals surface area contributed by atoms with Crippen molar-refractivity contribution in [2.24, 2.45) is 16.3 Å². The van der Waals surface area contributed by atoms with Crippen LogP contribution in [0.25, 0.3) is 0 Å². The van der Waals surface area contributed by atoms with Crippen LogP contribution in [0.15, 0.2) is 40.6 Å². The lowest BCUT2D eigenvalue weighted by Crippen LogP contribution is -2.19. The second-order valence-electron chi connectivity index (χ2n) is 4.38. The highest BCUT2D eigenvalue weighted by Crippen LogP contribution is 2.59. The van der Waals surface area contributed by atoms with Crippen molar-refractivity contribution in [3.8, 4) is 0 Å². The Balaban J connectivity index is 2.14.